The molecule has 1 aromatic heterocycles. The van der Waals surface area contributed by atoms with E-state index >= 15 is 0 Å². The van der Waals surface area contributed by atoms with Gasteiger partial charge in [0.25, 0.3) is 0 Å². The average molecular weight is 259 g/mol. The highest BCUT2D eigenvalue weighted by atomic mass is 19.1. The van der Waals surface area contributed by atoms with Gasteiger partial charge >= 0.3 is 0 Å². The second-order valence-corrected chi connectivity index (χ2v) is 4.72. The summed E-state index contributed by atoms with van der Waals surface area (Å²) in [6.07, 6.45) is 0.774. The van der Waals surface area contributed by atoms with Crippen LogP contribution in [0.25, 0.3) is 0 Å². The monoisotopic (exact) mass is 259 g/mol. The molecule has 19 heavy (non-hydrogen) atoms. The lowest BCUT2D eigenvalue weighted by atomic mass is 9.94. The van der Waals surface area contributed by atoms with E-state index in [0.717, 1.165) is 34.5 Å². The van der Waals surface area contributed by atoms with E-state index in [1.807, 2.05) is 26.8 Å². The second kappa shape index (κ2) is 5.45. The van der Waals surface area contributed by atoms with Crippen molar-refractivity contribution in [2.45, 2.75) is 33.2 Å². The van der Waals surface area contributed by atoms with E-state index in [2.05, 4.69) is 10.2 Å². The van der Waals surface area contributed by atoms with E-state index in [1.54, 1.807) is 6.07 Å². The Balaban J connectivity index is 2.49. The quantitative estimate of drug-likeness (QED) is 0.922. The van der Waals surface area contributed by atoms with Crippen LogP contribution in [0.3, 0.4) is 0 Å². The van der Waals surface area contributed by atoms with Crippen LogP contribution in [-0.4, -0.2) is 10.2 Å². The summed E-state index contributed by atoms with van der Waals surface area (Å²) >= 11 is 0. The fraction of sp³-hybridized carbons (Fsp3) is 0.333. The van der Waals surface area contributed by atoms with Crippen LogP contribution >= 0.6 is 0 Å². The molecule has 2 rings (SSSR count). The number of nitrogens with zero attached hydrogens (tertiary/aromatic N) is 2. The van der Waals surface area contributed by atoms with E-state index in [9.17, 15) is 4.39 Å². The van der Waals surface area contributed by atoms with E-state index in [4.69, 9.17) is 5.73 Å². The summed E-state index contributed by atoms with van der Waals surface area (Å²) in [5.74, 6) is -0.242. The summed E-state index contributed by atoms with van der Waals surface area (Å²) in [5, 5.41) is 8.24. The van der Waals surface area contributed by atoms with Crippen LogP contribution in [0.15, 0.2) is 24.3 Å². The predicted octanol–water partition coefficient (Wildman–Crippen LogP) is 2.84. The minimum atomic E-state index is -0.301. The van der Waals surface area contributed by atoms with Crippen molar-refractivity contribution in [1.29, 1.82) is 0 Å². The summed E-state index contributed by atoms with van der Waals surface area (Å²) in [6.45, 7) is 5.78. The Kier molecular flexibility index (Phi) is 3.90. The molecule has 1 heterocycles. The number of benzene rings is 1. The SMILES string of the molecule is CCc1nnc(C)cc1C(N)c1ccc(F)cc1C. The third kappa shape index (κ3) is 2.79. The van der Waals surface area contributed by atoms with Crippen molar-refractivity contribution < 1.29 is 4.39 Å². The van der Waals surface area contributed by atoms with Gasteiger partial charge in [0.1, 0.15) is 5.82 Å². The molecule has 4 heteroatoms. The van der Waals surface area contributed by atoms with Gasteiger partial charge in [-0.25, -0.2) is 4.39 Å². The minimum absolute atomic E-state index is 0.242. The van der Waals surface area contributed by atoms with Crippen LogP contribution in [0.5, 0.6) is 0 Å². The maximum Gasteiger partial charge on any atom is 0.123 e. The van der Waals surface area contributed by atoms with E-state index in [0.29, 0.717) is 0 Å². The van der Waals surface area contributed by atoms with Crippen molar-refractivity contribution in [3.05, 3.63) is 58.2 Å². The highest BCUT2D eigenvalue weighted by molar-refractivity contribution is 5.38. The first-order chi connectivity index (χ1) is 9.02. The molecule has 1 aromatic carbocycles. The first-order valence-electron chi connectivity index (χ1n) is 6.37. The lowest BCUT2D eigenvalue weighted by Gasteiger charge is -2.17. The molecule has 0 amide bonds. The van der Waals surface area contributed by atoms with Crippen LogP contribution in [0, 0.1) is 19.7 Å². The third-order valence-corrected chi connectivity index (χ3v) is 3.26. The Hall–Kier alpha value is -1.81. The fourth-order valence-corrected chi connectivity index (χ4v) is 2.23. The molecule has 0 saturated carbocycles. The van der Waals surface area contributed by atoms with Crippen LogP contribution in [0.1, 0.15) is 41.0 Å². The number of aromatic nitrogens is 2. The average Bonchev–Trinajstić information content (AvgIpc) is 2.38. The zero-order valence-electron chi connectivity index (χ0n) is 11.4. The topological polar surface area (TPSA) is 51.8 Å². The lowest BCUT2D eigenvalue weighted by Crippen LogP contribution is -2.17. The van der Waals surface area contributed by atoms with Gasteiger partial charge in [0.2, 0.25) is 0 Å². The van der Waals surface area contributed by atoms with Crippen LogP contribution in [-0.2, 0) is 6.42 Å². The van der Waals surface area contributed by atoms with E-state index < -0.39 is 0 Å². The highest BCUT2D eigenvalue weighted by Gasteiger charge is 2.16. The Bertz CT molecular complexity index is 596. The van der Waals surface area contributed by atoms with Gasteiger partial charge in [-0.2, -0.15) is 10.2 Å². The van der Waals surface area contributed by atoms with Gasteiger partial charge in [-0.1, -0.05) is 13.0 Å². The molecule has 2 aromatic rings. The molecule has 0 bridgehead atoms. The van der Waals surface area contributed by atoms with Crippen molar-refractivity contribution >= 4 is 0 Å². The molecule has 0 saturated heterocycles. The van der Waals surface area contributed by atoms with Gasteiger partial charge in [-0.15, -0.1) is 0 Å². The van der Waals surface area contributed by atoms with Crippen LogP contribution in [0.2, 0.25) is 0 Å². The Labute approximate surface area is 112 Å². The zero-order chi connectivity index (χ0) is 14.0. The highest BCUT2D eigenvalue weighted by Crippen LogP contribution is 2.25. The summed E-state index contributed by atoms with van der Waals surface area (Å²) in [5.41, 5.74) is 10.8. The number of aryl methyl sites for hydroxylation is 3. The number of halogens is 1. The van der Waals surface area contributed by atoms with Gasteiger partial charge in [0.05, 0.1) is 17.4 Å². The third-order valence-electron chi connectivity index (χ3n) is 3.26. The van der Waals surface area contributed by atoms with Gasteiger partial charge < -0.3 is 5.73 Å². The summed E-state index contributed by atoms with van der Waals surface area (Å²) in [6, 6.07) is 6.34. The molecule has 0 radical (unpaired) electrons. The van der Waals surface area contributed by atoms with Crippen molar-refractivity contribution in [2.24, 2.45) is 5.73 Å². The fourth-order valence-electron chi connectivity index (χ4n) is 2.23. The van der Waals surface area contributed by atoms with E-state index in [1.165, 1.54) is 12.1 Å². The summed E-state index contributed by atoms with van der Waals surface area (Å²) in [7, 11) is 0. The predicted molar refractivity (Wildman–Crippen MR) is 73.3 cm³/mol. The maximum atomic E-state index is 13.2. The lowest BCUT2D eigenvalue weighted by molar-refractivity contribution is 0.624. The molecule has 1 unspecified atom stereocenters. The number of nitrogens with two attached hydrogens (primary N) is 1. The molecule has 100 valence electrons. The number of hydrogen-bond donors (Lipinski definition) is 1. The molecular weight excluding hydrogens is 241 g/mol. The number of hydrogen-bond acceptors (Lipinski definition) is 3. The zero-order valence-corrected chi connectivity index (χ0v) is 11.4. The summed E-state index contributed by atoms with van der Waals surface area (Å²) in [4.78, 5) is 0. The van der Waals surface area contributed by atoms with Crippen LogP contribution < -0.4 is 5.73 Å². The Morgan fingerprint density at radius 2 is 1.89 bits per heavy atom. The standard InChI is InChI=1S/C15H18FN3/c1-4-14-13(8-10(3)18-19-14)15(17)12-6-5-11(16)7-9(12)2/h5-8,15H,4,17H2,1-3H3. The Morgan fingerprint density at radius 1 is 1.16 bits per heavy atom. The van der Waals surface area contributed by atoms with Crippen molar-refractivity contribution in [3.8, 4) is 0 Å². The van der Waals surface area contributed by atoms with Gasteiger partial charge in [-0.05, 0) is 55.2 Å². The number of rotatable bonds is 3. The summed E-state index contributed by atoms with van der Waals surface area (Å²) < 4.78 is 13.2. The van der Waals surface area contributed by atoms with Gasteiger partial charge in [0.15, 0.2) is 0 Å². The maximum absolute atomic E-state index is 13.2. The minimum Gasteiger partial charge on any atom is -0.320 e. The van der Waals surface area contributed by atoms with Crippen LogP contribution in [0.4, 0.5) is 4.39 Å². The molecule has 0 aliphatic heterocycles. The Morgan fingerprint density at radius 3 is 2.53 bits per heavy atom. The van der Waals surface area contributed by atoms with Crippen molar-refractivity contribution in [1.82, 2.24) is 10.2 Å². The van der Waals surface area contributed by atoms with Gasteiger partial charge in [0, 0.05) is 0 Å². The van der Waals surface area contributed by atoms with Crippen molar-refractivity contribution in [3.63, 3.8) is 0 Å². The molecular formula is C15H18FN3. The molecule has 0 aliphatic rings. The molecule has 0 spiro atoms. The normalized spacial score (nSPS) is 12.5. The smallest absolute Gasteiger partial charge is 0.123 e. The molecule has 2 N–H and O–H groups in total. The largest absolute Gasteiger partial charge is 0.320 e. The van der Waals surface area contributed by atoms with E-state index in [-0.39, 0.29) is 11.9 Å². The molecule has 0 fully saturated rings. The van der Waals surface area contributed by atoms with Gasteiger partial charge in [-0.3, -0.25) is 0 Å². The molecule has 3 nitrogen and oxygen atoms in total. The second-order valence-electron chi connectivity index (χ2n) is 4.72. The van der Waals surface area contributed by atoms with Crippen molar-refractivity contribution in [2.75, 3.05) is 0 Å². The first-order valence-corrected chi connectivity index (χ1v) is 6.37. The first kappa shape index (κ1) is 13.6. The molecule has 0 aliphatic carbocycles. The molecule has 1 atom stereocenters.